The van der Waals surface area contributed by atoms with Crippen LogP contribution >= 0.6 is 0 Å². The van der Waals surface area contributed by atoms with E-state index in [4.69, 9.17) is 4.42 Å². The van der Waals surface area contributed by atoms with Crippen LogP contribution in [0.5, 0.6) is 0 Å². The minimum atomic E-state index is 0.729. The zero-order valence-corrected chi connectivity index (χ0v) is 9.23. The van der Waals surface area contributed by atoms with Crippen LogP contribution in [0.15, 0.2) is 42.0 Å². The molecule has 2 aromatic heterocycles. The largest absolute Gasteiger partial charge is 0.454 e. The van der Waals surface area contributed by atoms with E-state index in [9.17, 15) is 0 Å². The van der Waals surface area contributed by atoms with Crippen LogP contribution in [0.3, 0.4) is 0 Å². The lowest BCUT2D eigenvalue weighted by Gasteiger charge is -1.95. The lowest BCUT2D eigenvalue weighted by Crippen LogP contribution is -1.81. The van der Waals surface area contributed by atoms with Crippen molar-refractivity contribution in [3.05, 3.63) is 54.4 Å². The second-order valence-corrected chi connectivity index (χ2v) is 3.56. The van der Waals surface area contributed by atoms with Crippen molar-refractivity contribution < 1.29 is 4.42 Å². The molecule has 0 saturated heterocycles. The van der Waals surface area contributed by atoms with Crippen molar-refractivity contribution in [2.75, 3.05) is 0 Å². The van der Waals surface area contributed by atoms with Crippen molar-refractivity contribution in [2.45, 2.75) is 6.92 Å². The summed E-state index contributed by atoms with van der Waals surface area (Å²) in [6.45, 7) is 9.43. The predicted molar refractivity (Wildman–Crippen MR) is 66.9 cm³/mol. The number of hydrogen-bond donors (Lipinski definition) is 0. The van der Waals surface area contributed by atoms with Crippen LogP contribution in [0.1, 0.15) is 16.9 Å². The minimum absolute atomic E-state index is 0.729. The first kappa shape index (κ1) is 10.4. The number of hydrogen-bond acceptors (Lipinski definition) is 2. The van der Waals surface area contributed by atoms with Gasteiger partial charge in [-0.15, -0.1) is 0 Å². The first-order valence-electron chi connectivity index (χ1n) is 5.06. The fourth-order valence-corrected chi connectivity index (χ4v) is 1.48. The number of nitrogens with zero attached hydrogens (tertiary/aromatic N) is 1. The normalized spacial score (nSPS) is 10.1. The van der Waals surface area contributed by atoms with Gasteiger partial charge in [0.05, 0.1) is 0 Å². The van der Waals surface area contributed by atoms with Crippen molar-refractivity contribution in [2.24, 2.45) is 0 Å². The third kappa shape index (κ3) is 1.82. The molecule has 2 rings (SSSR count). The van der Waals surface area contributed by atoms with Crippen LogP contribution in [0.2, 0.25) is 0 Å². The molecule has 0 unspecified atom stereocenters. The van der Waals surface area contributed by atoms with E-state index in [0.717, 1.165) is 28.3 Å². The van der Waals surface area contributed by atoms with Crippen molar-refractivity contribution in [3.8, 4) is 11.5 Å². The summed E-state index contributed by atoms with van der Waals surface area (Å²) in [6, 6.07) is 5.86. The SMILES string of the molecule is C=Cc1cc(-c2ccc(C)cn2)oc1C=C. The maximum atomic E-state index is 5.63. The topological polar surface area (TPSA) is 26.0 Å². The summed E-state index contributed by atoms with van der Waals surface area (Å²) >= 11 is 0. The highest BCUT2D eigenvalue weighted by atomic mass is 16.3. The fourth-order valence-electron chi connectivity index (χ4n) is 1.48. The predicted octanol–water partition coefficient (Wildman–Crippen LogP) is 3.94. The monoisotopic (exact) mass is 211 g/mol. The van der Waals surface area contributed by atoms with Gasteiger partial charge in [0.25, 0.3) is 0 Å². The van der Waals surface area contributed by atoms with Gasteiger partial charge in [0.2, 0.25) is 0 Å². The van der Waals surface area contributed by atoms with Gasteiger partial charge in [-0.2, -0.15) is 0 Å². The van der Waals surface area contributed by atoms with Gasteiger partial charge in [-0.1, -0.05) is 25.3 Å². The van der Waals surface area contributed by atoms with Crippen LogP contribution in [0.25, 0.3) is 23.6 Å². The van der Waals surface area contributed by atoms with Gasteiger partial charge in [-0.25, -0.2) is 0 Å². The minimum Gasteiger partial charge on any atom is -0.454 e. The van der Waals surface area contributed by atoms with Crippen LogP contribution in [-0.4, -0.2) is 4.98 Å². The first-order chi connectivity index (χ1) is 7.74. The summed E-state index contributed by atoms with van der Waals surface area (Å²) in [4.78, 5) is 4.31. The molecule has 2 aromatic rings. The molecule has 0 amide bonds. The second kappa shape index (κ2) is 4.19. The molecule has 16 heavy (non-hydrogen) atoms. The zero-order valence-electron chi connectivity index (χ0n) is 9.23. The van der Waals surface area contributed by atoms with Crippen LogP contribution in [-0.2, 0) is 0 Å². The maximum Gasteiger partial charge on any atom is 0.153 e. The van der Waals surface area contributed by atoms with Gasteiger partial charge in [-0.05, 0) is 30.7 Å². The number of rotatable bonds is 3. The fraction of sp³-hybridized carbons (Fsp3) is 0.0714. The summed E-state index contributed by atoms with van der Waals surface area (Å²) < 4.78 is 5.63. The Hall–Kier alpha value is -2.09. The highest BCUT2D eigenvalue weighted by Crippen LogP contribution is 2.25. The van der Waals surface area contributed by atoms with Crippen LogP contribution in [0, 0.1) is 6.92 Å². The highest BCUT2D eigenvalue weighted by molar-refractivity contribution is 5.66. The highest BCUT2D eigenvalue weighted by Gasteiger charge is 2.08. The van der Waals surface area contributed by atoms with Crippen molar-refractivity contribution in [1.29, 1.82) is 0 Å². The standard InChI is InChI=1S/C14H13NO/c1-4-11-8-14(16-13(11)5-2)12-7-6-10(3)9-15-12/h4-9H,1-2H2,3H3. The van der Waals surface area contributed by atoms with E-state index >= 15 is 0 Å². The molecular weight excluding hydrogens is 198 g/mol. The quantitative estimate of drug-likeness (QED) is 0.768. The molecule has 0 bridgehead atoms. The summed E-state index contributed by atoms with van der Waals surface area (Å²) in [7, 11) is 0. The van der Waals surface area contributed by atoms with Crippen LogP contribution < -0.4 is 0 Å². The van der Waals surface area contributed by atoms with E-state index < -0.39 is 0 Å². The Labute approximate surface area is 94.9 Å². The Morgan fingerprint density at radius 2 is 2.06 bits per heavy atom. The lowest BCUT2D eigenvalue weighted by molar-refractivity contribution is 0.569. The van der Waals surface area contributed by atoms with E-state index in [-0.39, 0.29) is 0 Å². The van der Waals surface area contributed by atoms with E-state index in [0.29, 0.717) is 0 Å². The van der Waals surface area contributed by atoms with Crippen molar-refractivity contribution in [1.82, 2.24) is 4.98 Å². The number of furan rings is 1. The first-order valence-corrected chi connectivity index (χ1v) is 5.06. The maximum absolute atomic E-state index is 5.63. The van der Waals surface area contributed by atoms with E-state index in [1.54, 1.807) is 12.2 Å². The molecule has 0 aliphatic carbocycles. The summed E-state index contributed by atoms with van der Waals surface area (Å²) in [5.74, 6) is 1.47. The molecule has 2 heterocycles. The lowest BCUT2D eigenvalue weighted by atomic mass is 10.2. The number of aromatic nitrogens is 1. The molecule has 0 N–H and O–H groups in total. The third-order valence-corrected chi connectivity index (χ3v) is 2.36. The Morgan fingerprint density at radius 1 is 1.25 bits per heavy atom. The summed E-state index contributed by atoms with van der Waals surface area (Å²) in [5, 5.41) is 0. The summed E-state index contributed by atoms with van der Waals surface area (Å²) in [5.41, 5.74) is 2.89. The zero-order chi connectivity index (χ0) is 11.5. The molecule has 0 aliphatic heterocycles. The average molecular weight is 211 g/mol. The van der Waals surface area contributed by atoms with E-state index in [1.165, 1.54) is 0 Å². The average Bonchev–Trinajstić information content (AvgIpc) is 2.73. The Bertz CT molecular complexity index is 495. The molecule has 0 aliphatic rings. The van der Waals surface area contributed by atoms with Gasteiger partial charge in [0.1, 0.15) is 11.5 Å². The molecule has 0 atom stereocenters. The molecular formula is C14H13NO. The van der Waals surface area contributed by atoms with E-state index in [1.807, 2.05) is 31.3 Å². The van der Waals surface area contributed by atoms with Gasteiger partial charge in [0, 0.05) is 11.8 Å². The molecule has 2 heteroatoms. The molecule has 2 nitrogen and oxygen atoms in total. The van der Waals surface area contributed by atoms with Gasteiger partial charge in [-0.3, -0.25) is 4.98 Å². The smallest absolute Gasteiger partial charge is 0.153 e. The van der Waals surface area contributed by atoms with Crippen molar-refractivity contribution in [3.63, 3.8) is 0 Å². The number of aryl methyl sites for hydroxylation is 1. The third-order valence-electron chi connectivity index (χ3n) is 2.36. The summed E-state index contributed by atoms with van der Waals surface area (Å²) in [6.07, 6.45) is 5.24. The molecule has 0 spiro atoms. The molecule has 0 radical (unpaired) electrons. The van der Waals surface area contributed by atoms with Gasteiger partial charge >= 0.3 is 0 Å². The van der Waals surface area contributed by atoms with Crippen molar-refractivity contribution >= 4 is 12.2 Å². The Kier molecular flexibility index (Phi) is 2.73. The molecule has 0 fully saturated rings. The molecule has 0 saturated carbocycles. The Balaban J connectivity index is 2.48. The second-order valence-electron chi connectivity index (χ2n) is 3.56. The Morgan fingerprint density at radius 3 is 2.56 bits per heavy atom. The molecule has 0 aromatic carbocycles. The van der Waals surface area contributed by atoms with Gasteiger partial charge < -0.3 is 4.42 Å². The molecule has 80 valence electrons. The van der Waals surface area contributed by atoms with Gasteiger partial charge in [0.15, 0.2) is 5.76 Å². The van der Waals surface area contributed by atoms with Crippen LogP contribution in [0.4, 0.5) is 0 Å². The number of pyridine rings is 1. The van der Waals surface area contributed by atoms with E-state index in [2.05, 4.69) is 18.1 Å².